The monoisotopic (exact) mass is 496 g/mol. The molecule has 2 aromatic carbocycles. The van der Waals surface area contributed by atoms with Crippen LogP contribution in [0.15, 0.2) is 59.6 Å². The Balaban J connectivity index is 1.25. The number of piperidine rings is 1. The van der Waals surface area contributed by atoms with E-state index in [0.717, 1.165) is 12.5 Å². The SMILES string of the molecule is O=C(c1ccc(CS(=O)(=O)c2ccc(F)c3cccnc23)cc1)N1CCC(O)(CC2CCC2)CC1. The molecule has 0 spiro atoms. The zero-order chi connectivity index (χ0) is 24.6. The van der Waals surface area contributed by atoms with Crippen LogP contribution in [0.1, 0.15) is 54.4 Å². The summed E-state index contributed by atoms with van der Waals surface area (Å²) in [5, 5.41) is 11.0. The molecule has 1 aliphatic carbocycles. The zero-order valence-corrected chi connectivity index (χ0v) is 20.3. The Hall–Kier alpha value is -2.84. The highest BCUT2D eigenvalue weighted by Gasteiger charge is 2.37. The summed E-state index contributed by atoms with van der Waals surface area (Å²) in [6.45, 7) is 1.03. The summed E-state index contributed by atoms with van der Waals surface area (Å²) in [4.78, 5) is 18.8. The molecule has 184 valence electrons. The maximum absolute atomic E-state index is 14.1. The van der Waals surface area contributed by atoms with E-state index in [1.807, 2.05) is 0 Å². The lowest BCUT2D eigenvalue weighted by Crippen LogP contribution is -2.47. The van der Waals surface area contributed by atoms with E-state index >= 15 is 0 Å². The van der Waals surface area contributed by atoms with Crippen LogP contribution in [0.5, 0.6) is 0 Å². The van der Waals surface area contributed by atoms with Gasteiger partial charge in [0.05, 0.1) is 21.8 Å². The molecule has 35 heavy (non-hydrogen) atoms. The number of amides is 1. The number of aliphatic hydroxyl groups is 1. The molecule has 0 bridgehead atoms. The van der Waals surface area contributed by atoms with E-state index in [1.54, 1.807) is 35.2 Å². The highest BCUT2D eigenvalue weighted by molar-refractivity contribution is 7.90. The van der Waals surface area contributed by atoms with Gasteiger partial charge in [-0.05, 0) is 67.1 Å². The van der Waals surface area contributed by atoms with Crippen LogP contribution in [0.25, 0.3) is 10.9 Å². The van der Waals surface area contributed by atoms with Crippen molar-refractivity contribution in [2.75, 3.05) is 13.1 Å². The van der Waals surface area contributed by atoms with E-state index in [-0.39, 0.29) is 27.5 Å². The molecule has 6 nitrogen and oxygen atoms in total. The van der Waals surface area contributed by atoms with Gasteiger partial charge in [0.1, 0.15) is 5.82 Å². The van der Waals surface area contributed by atoms with E-state index in [2.05, 4.69) is 4.98 Å². The first-order chi connectivity index (χ1) is 16.7. The minimum atomic E-state index is -3.78. The van der Waals surface area contributed by atoms with Crippen LogP contribution in [0.3, 0.4) is 0 Å². The molecule has 5 rings (SSSR count). The second-order valence-electron chi connectivity index (χ2n) is 9.92. The van der Waals surface area contributed by atoms with Gasteiger partial charge < -0.3 is 10.0 Å². The number of rotatable bonds is 6. The predicted molar refractivity (Wildman–Crippen MR) is 131 cm³/mol. The molecule has 2 fully saturated rings. The number of benzene rings is 2. The maximum Gasteiger partial charge on any atom is 0.253 e. The Morgan fingerprint density at radius 2 is 1.80 bits per heavy atom. The Kier molecular flexibility index (Phi) is 6.36. The number of hydrogen-bond donors (Lipinski definition) is 1. The first-order valence-corrected chi connectivity index (χ1v) is 13.8. The topological polar surface area (TPSA) is 87.6 Å². The van der Waals surface area contributed by atoms with E-state index in [1.165, 1.54) is 37.6 Å². The predicted octanol–water partition coefficient (Wildman–Crippen LogP) is 4.51. The lowest BCUT2D eigenvalue weighted by atomic mass is 9.74. The fourth-order valence-electron chi connectivity index (χ4n) is 5.15. The third kappa shape index (κ3) is 4.95. The third-order valence-electron chi connectivity index (χ3n) is 7.45. The van der Waals surface area contributed by atoms with E-state index in [4.69, 9.17) is 0 Å². The fraction of sp³-hybridized carbons (Fsp3) is 0.407. The number of halogens is 1. The number of carbonyl (C=O) groups excluding carboxylic acids is 1. The number of carbonyl (C=O) groups is 1. The van der Waals surface area contributed by atoms with Gasteiger partial charge in [0.15, 0.2) is 9.84 Å². The van der Waals surface area contributed by atoms with Gasteiger partial charge in [-0.1, -0.05) is 31.4 Å². The smallest absolute Gasteiger partial charge is 0.253 e. The van der Waals surface area contributed by atoms with Crippen molar-refractivity contribution in [3.8, 4) is 0 Å². The highest BCUT2D eigenvalue weighted by Crippen LogP contribution is 2.38. The number of pyridine rings is 1. The average Bonchev–Trinajstić information content (AvgIpc) is 2.82. The van der Waals surface area contributed by atoms with E-state index in [0.29, 0.717) is 43.0 Å². The number of aromatic nitrogens is 1. The van der Waals surface area contributed by atoms with Crippen LogP contribution in [-0.4, -0.2) is 48.0 Å². The van der Waals surface area contributed by atoms with Gasteiger partial charge in [-0.2, -0.15) is 0 Å². The van der Waals surface area contributed by atoms with Crippen molar-refractivity contribution < 1.29 is 22.7 Å². The van der Waals surface area contributed by atoms with Gasteiger partial charge >= 0.3 is 0 Å². The molecule has 1 aromatic heterocycles. The molecule has 1 N–H and O–H groups in total. The first-order valence-electron chi connectivity index (χ1n) is 12.1. The van der Waals surface area contributed by atoms with Crippen LogP contribution in [-0.2, 0) is 15.6 Å². The Morgan fingerprint density at radius 1 is 1.09 bits per heavy atom. The zero-order valence-electron chi connectivity index (χ0n) is 19.5. The van der Waals surface area contributed by atoms with Crippen molar-refractivity contribution in [3.63, 3.8) is 0 Å². The highest BCUT2D eigenvalue weighted by atomic mass is 32.2. The summed E-state index contributed by atoms with van der Waals surface area (Å²) in [5.41, 5.74) is 0.467. The van der Waals surface area contributed by atoms with Crippen molar-refractivity contribution in [1.82, 2.24) is 9.88 Å². The molecule has 8 heteroatoms. The van der Waals surface area contributed by atoms with Gasteiger partial charge in [-0.15, -0.1) is 0 Å². The van der Waals surface area contributed by atoms with Crippen molar-refractivity contribution in [2.24, 2.45) is 5.92 Å². The molecule has 2 aliphatic rings. The van der Waals surface area contributed by atoms with Crippen LogP contribution in [0, 0.1) is 11.7 Å². The summed E-state index contributed by atoms with van der Waals surface area (Å²) < 4.78 is 40.3. The van der Waals surface area contributed by atoms with Crippen LogP contribution in [0.4, 0.5) is 4.39 Å². The number of nitrogens with zero attached hydrogens (tertiary/aromatic N) is 2. The standard InChI is InChI=1S/C27H29FN2O4S/c28-23-10-11-24(25-22(23)5-2-14-29-25)35(33,34)18-20-6-8-21(9-7-20)26(31)30-15-12-27(32,13-16-30)17-19-3-1-4-19/h2,5-11,14,19,32H,1,3-4,12-13,15-18H2. The second-order valence-corrected chi connectivity index (χ2v) is 11.9. The molecule has 1 amide bonds. The Labute approximate surface area is 204 Å². The number of hydrogen-bond acceptors (Lipinski definition) is 5. The molecule has 1 saturated carbocycles. The van der Waals surface area contributed by atoms with Crippen molar-refractivity contribution in [3.05, 3.63) is 71.7 Å². The molecule has 0 radical (unpaired) electrons. The largest absolute Gasteiger partial charge is 0.390 e. The number of likely N-dealkylation sites (tertiary alicyclic amines) is 1. The lowest BCUT2D eigenvalue weighted by molar-refractivity contribution is -0.0419. The van der Waals surface area contributed by atoms with Gasteiger partial charge in [-0.3, -0.25) is 9.78 Å². The fourth-order valence-corrected chi connectivity index (χ4v) is 6.67. The first kappa shape index (κ1) is 23.9. The summed E-state index contributed by atoms with van der Waals surface area (Å²) >= 11 is 0. The second kappa shape index (κ2) is 9.32. The molecular formula is C27H29FN2O4S. The molecular weight excluding hydrogens is 467 g/mol. The van der Waals surface area contributed by atoms with Gasteiger partial charge in [-0.25, -0.2) is 12.8 Å². The van der Waals surface area contributed by atoms with Crippen molar-refractivity contribution in [2.45, 2.75) is 54.8 Å². The molecule has 0 unspecified atom stereocenters. The van der Waals surface area contributed by atoms with Crippen LogP contribution >= 0.6 is 0 Å². The maximum atomic E-state index is 14.1. The molecule has 0 atom stereocenters. The van der Waals surface area contributed by atoms with Gasteiger partial charge in [0.25, 0.3) is 5.91 Å². The van der Waals surface area contributed by atoms with E-state index < -0.39 is 21.3 Å². The van der Waals surface area contributed by atoms with Crippen molar-refractivity contribution in [1.29, 1.82) is 0 Å². The average molecular weight is 497 g/mol. The van der Waals surface area contributed by atoms with Crippen LogP contribution < -0.4 is 0 Å². The minimum Gasteiger partial charge on any atom is -0.390 e. The number of sulfone groups is 1. The van der Waals surface area contributed by atoms with Crippen molar-refractivity contribution >= 4 is 26.6 Å². The molecule has 1 saturated heterocycles. The van der Waals surface area contributed by atoms with Crippen LogP contribution in [0.2, 0.25) is 0 Å². The Bertz CT molecular complexity index is 1350. The van der Waals surface area contributed by atoms with E-state index in [9.17, 15) is 22.7 Å². The summed E-state index contributed by atoms with van der Waals surface area (Å²) in [6, 6.07) is 12.0. The molecule has 1 aliphatic heterocycles. The number of fused-ring (bicyclic) bond motifs is 1. The summed E-state index contributed by atoms with van der Waals surface area (Å²) in [5.74, 6) is -0.292. The quantitative estimate of drug-likeness (QED) is 0.508. The Morgan fingerprint density at radius 3 is 2.46 bits per heavy atom. The molecule has 3 aromatic rings. The third-order valence-corrected chi connectivity index (χ3v) is 9.16. The summed E-state index contributed by atoms with van der Waals surface area (Å²) in [6.07, 6.45) is 7.09. The van der Waals surface area contributed by atoms with Gasteiger partial charge in [0, 0.05) is 30.2 Å². The van der Waals surface area contributed by atoms with Gasteiger partial charge in [0.2, 0.25) is 0 Å². The normalized spacial score (nSPS) is 18.4. The lowest BCUT2D eigenvalue weighted by Gasteiger charge is -2.41. The summed E-state index contributed by atoms with van der Waals surface area (Å²) in [7, 11) is -3.78. The molecule has 2 heterocycles. The minimum absolute atomic E-state index is 0.0163.